The smallest absolute Gasteiger partial charge is 0.222 e. The van der Waals surface area contributed by atoms with Gasteiger partial charge in [0.1, 0.15) is 5.25 Å². The molecule has 1 N–H and O–H groups in total. The Morgan fingerprint density at radius 3 is 2.80 bits per heavy atom. The third-order valence-electron chi connectivity index (χ3n) is 4.07. The van der Waals surface area contributed by atoms with Crippen LogP contribution >= 0.6 is 0 Å². The van der Waals surface area contributed by atoms with E-state index in [1.807, 2.05) is 11.8 Å². The predicted octanol–water partition coefficient (Wildman–Crippen LogP) is 0.342. The number of likely N-dealkylation sites (tertiary alicyclic amines) is 1. The molecule has 1 amide bonds. The maximum Gasteiger partial charge on any atom is 0.222 e. The van der Waals surface area contributed by atoms with Crippen LogP contribution in [0.5, 0.6) is 0 Å². The summed E-state index contributed by atoms with van der Waals surface area (Å²) in [7, 11) is -3.35. The molecule has 0 saturated carbocycles. The molecule has 0 aromatic carbocycles. The van der Waals surface area contributed by atoms with Gasteiger partial charge >= 0.3 is 0 Å². The van der Waals surface area contributed by atoms with Crippen LogP contribution in [0.15, 0.2) is 0 Å². The molecule has 2 saturated heterocycles. The number of nitrogens with one attached hydrogen (secondary N) is 1. The van der Waals surface area contributed by atoms with Crippen LogP contribution in [0.3, 0.4) is 0 Å². The number of rotatable bonds is 6. The van der Waals surface area contributed by atoms with Gasteiger partial charge in [0.15, 0.2) is 0 Å². The van der Waals surface area contributed by atoms with E-state index in [2.05, 4.69) is 4.72 Å². The highest BCUT2D eigenvalue weighted by Gasteiger charge is 2.37. The number of ether oxygens (including phenoxy) is 1. The first kappa shape index (κ1) is 15.7. The summed E-state index contributed by atoms with van der Waals surface area (Å²) in [4.78, 5) is 13.6. The van der Waals surface area contributed by atoms with Crippen LogP contribution in [0.2, 0.25) is 0 Å². The number of hydrogen-bond donors (Lipinski definition) is 1. The molecule has 3 unspecified atom stereocenters. The maximum absolute atomic E-state index is 12.2. The van der Waals surface area contributed by atoms with Crippen LogP contribution in [0.4, 0.5) is 0 Å². The van der Waals surface area contributed by atoms with Gasteiger partial charge in [0, 0.05) is 32.7 Å². The van der Waals surface area contributed by atoms with Crippen molar-refractivity contribution in [3.8, 4) is 0 Å². The van der Waals surface area contributed by atoms with E-state index in [1.165, 1.54) is 0 Å². The van der Waals surface area contributed by atoms with E-state index in [4.69, 9.17) is 4.74 Å². The van der Waals surface area contributed by atoms with Crippen molar-refractivity contribution in [3.63, 3.8) is 0 Å². The van der Waals surface area contributed by atoms with Gasteiger partial charge in [-0.1, -0.05) is 6.92 Å². The lowest BCUT2D eigenvalue weighted by atomic mass is 10.1. The van der Waals surface area contributed by atoms with Crippen molar-refractivity contribution in [2.75, 3.05) is 26.2 Å². The minimum Gasteiger partial charge on any atom is -0.377 e. The van der Waals surface area contributed by atoms with Gasteiger partial charge in [-0.2, -0.15) is 0 Å². The Morgan fingerprint density at radius 1 is 1.45 bits per heavy atom. The third kappa shape index (κ3) is 3.51. The first-order chi connectivity index (χ1) is 9.44. The Hall–Kier alpha value is -0.660. The quantitative estimate of drug-likeness (QED) is 0.768. The third-order valence-corrected chi connectivity index (χ3v) is 6.05. The van der Waals surface area contributed by atoms with Gasteiger partial charge in [-0.15, -0.1) is 0 Å². The topological polar surface area (TPSA) is 75.7 Å². The molecule has 2 fully saturated rings. The van der Waals surface area contributed by atoms with Gasteiger partial charge in [0.25, 0.3) is 0 Å². The molecule has 6 nitrogen and oxygen atoms in total. The van der Waals surface area contributed by atoms with Crippen LogP contribution < -0.4 is 4.72 Å². The van der Waals surface area contributed by atoms with Crippen molar-refractivity contribution in [1.29, 1.82) is 0 Å². The molecule has 3 atom stereocenters. The molecule has 116 valence electrons. The number of amides is 1. The zero-order valence-corrected chi connectivity index (χ0v) is 13.0. The zero-order chi connectivity index (χ0) is 14.8. The molecule has 2 aliphatic rings. The molecule has 2 heterocycles. The van der Waals surface area contributed by atoms with Crippen molar-refractivity contribution in [2.45, 2.75) is 44.5 Å². The Bertz CT molecular complexity index is 451. The summed E-state index contributed by atoms with van der Waals surface area (Å²) in [5, 5.41) is -0.466. The highest BCUT2D eigenvalue weighted by atomic mass is 32.2. The van der Waals surface area contributed by atoms with E-state index in [-0.39, 0.29) is 17.9 Å². The second-order valence-corrected chi connectivity index (χ2v) is 7.69. The molecule has 7 heteroatoms. The molecule has 0 aromatic heterocycles. The van der Waals surface area contributed by atoms with E-state index in [0.717, 1.165) is 13.0 Å². The zero-order valence-electron chi connectivity index (χ0n) is 12.2. The predicted molar refractivity (Wildman–Crippen MR) is 75.7 cm³/mol. The lowest BCUT2D eigenvalue weighted by Gasteiger charge is -2.18. The lowest BCUT2D eigenvalue weighted by molar-refractivity contribution is -0.127. The van der Waals surface area contributed by atoms with Crippen LogP contribution in [0, 0.1) is 5.92 Å². The maximum atomic E-state index is 12.2. The van der Waals surface area contributed by atoms with Crippen molar-refractivity contribution in [2.24, 2.45) is 5.92 Å². The van der Waals surface area contributed by atoms with Gasteiger partial charge in [-0.05, 0) is 25.7 Å². The monoisotopic (exact) mass is 304 g/mol. The summed E-state index contributed by atoms with van der Waals surface area (Å²) >= 11 is 0. The molecule has 2 rings (SSSR count). The van der Waals surface area contributed by atoms with Gasteiger partial charge in [0.2, 0.25) is 15.9 Å². The van der Waals surface area contributed by atoms with Crippen molar-refractivity contribution >= 4 is 15.9 Å². The van der Waals surface area contributed by atoms with Gasteiger partial charge < -0.3 is 9.64 Å². The van der Waals surface area contributed by atoms with Crippen molar-refractivity contribution < 1.29 is 17.9 Å². The number of sulfonamides is 1. The minimum atomic E-state index is -3.35. The molecule has 0 aromatic rings. The second-order valence-electron chi connectivity index (χ2n) is 5.71. The highest BCUT2D eigenvalue weighted by molar-refractivity contribution is 7.90. The molecule has 2 aliphatic heterocycles. The summed E-state index contributed by atoms with van der Waals surface area (Å²) < 4.78 is 32.4. The Kier molecular flexibility index (Phi) is 5.04. The largest absolute Gasteiger partial charge is 0.377 e. The molecular formula is C13H24N2O4S. The van der Waals surface area contributed by atoms with Crippen LogP contribution in [-0.4, -0.2) is 56.8 Å². The summed E-state index contributed by atoms with van der Waals surface area (Å²) in [6.07, 6.45) is 1.66. The number of carbonyl (C=O) groups is 1. The Balaban J connectivity index is 1.85. The molecule has 0 spiro atoms. The number of nitrogens with zero attached hydrogens (tertiary/aromatic N) is 1. The van der Waals surface area contributed by atoms with Crippen molar-refractivity contribution in [1.82, 2.24) is 9.62 Å². The van der Waals surface area contributed by atoms with E-state index < -0.39 is 15.3 Å². The van der Waals surface area contributed by atoms with E-state index >= 15 is 0 Å². The van der Waals surface area contributed by atoms with E-state index in [0.29, 0.717) is 32.5 Å². The minimum absolute atomic E-state index is 0.0847. The fourth-order valence-corrected chi connectivity index (χ4v) is 4.61. The standard InChI is InChI=1S/C13H24N2O4S/c1-3-5-15-9-11(7-13(15)16)8-14-20(17,18)12-4-6-19-10(12)2/h10-12,14H,3-9H2,1-2H3. The lowest BCUT2D eigenvalue weighted by Crippen LogP contribution is -2.40. The number of hydrogen-bond acceptors (Lipinski definition) is 4. The van der Waals surface area contributed by atoms with Gasteiger partial charge in [0.05, 0.1) is 6.10 Å². The molecule has 0 aliphatic carbocycles. The normalized spacial score (nSPS) is 31.2. The van der Waals surface area contributed by atoms with Gasteiger partial charge in [-0.3, -0.25) is 4.79 Å². The summed E-state index contributed by atoms with van der Waals surface area (Å²) in [6, 6.07) is 0. The first-order valence-corrected chi connectivity index (χ1v) is 8.86. The fourth-order valence-electron chi connectivity index (χ4n) is 2.94. The first-order valence-electron chi connectivity index (χ1n) is 7.32. The summed E-state index contributed by atoms with van der Waals surface area (Å²) in [5.74, 6) is 0.218. The van der Waals surface area contributed by atoms with E-state index in [1.54, 1.807) is 6.92 Å². The fraction of sp³-hybridized carbons (Fsp3) is 0.923. The number of carbonyl (C=O) groups excluding carboxylic acids is 1. The Labute approximate surface area is 120 Å². The van der Waals surface area contributed by atoms with Crippen LogP contribution in [0.25, 0.3) is 0 Å². The van der Waals surface area contributed by atoms with E-state index in [9.17, 15) is 13.2 Å². The SMILES string of the molecule is CCCN1CC(CNS(=O)(=O)C2CCOC2C)CC1=O. The van der Waals surface area contributed by atoms with Crippen molar-refractivity contribution in [3.05, 3.63) is 0 Å². The molecule has 20 heavy (non-hydrogen) atoms. The summed E-state index contributed by atoms with van der Waals surface area (Å²) in [6.45, 7) is 6.09. The molecular weight excluding hydrogens is 280 g/mol. The van der Waals surface area contributed by atoms with Gasteiger partial charge in [-0.25, -0.2) is 13.1 Å². The Morgan fingerprint density at radius 2 is 2.20 bits per heavy atom. The highest BCUT2D eigenvalue weighted by Crippen LogP contribution is 2.21. The van der Waals surface area contributed by atoms with Crippen LogP contribution in [-0.2, 0) is 19.6 Å². The summed E-state index contributed by atoms with van der Waals surface area (Å²) in [5.41, 5.74) is 0. The molecule has 0 radical (unpaired) electrons. The average Bonchev–Trinajstić information content (AvgIpc) is 2.95. The average molecular weight is 304 g/mol. The molecule has 0 bridgehead atoms. The van der Waals surface area contributed by atoms with Crippen LogP contribution in [0.1, 0.15) is 33.1 Å². The second kappa shape index (κ2) is 6.41.